The lowest BCUT2D eigenvalue weighted by atomic mass is 9.80. The van der Waals surface area contributed by atoms with E-state index < -0.39 is 0 Å². The van der Waals surface area contributed by atoms with E-state index in [4.69, 9.17) is 9.47 Å². The lowest BCUT2D eigenvalue weighted by molar-refractivity contribution is -0.150. The number of Topliss-reactive ketones (excluding diaryl/α,β-unsaturated/α-hetero) is 1. The van der Waals surface area contributed by atoms with Crippen molar-refractivity contribution >= 4 is 35.3 Å². The molecule has 2 atom stereocenters. The minimum Gasteiger partial charge on any atom is -0.464 e. The van der Waals surface area contributed by atoms with Crippen LogP contribution in [-0.4, -0.2) is 54.1 Å². The third kappa shape index (κ3) is 5.46. The number of hydrogen-bond acceptors (Lipinski definition) is 6. The first-order chi connectivity index (χ1) is 10.6. The van der Waals surface area contributed by atoms with Gasteiger partial charge in [0.25, 0.3) is 0 Å². The van der Waals surface area contributed by atoms with E-state index in [1.165, 1.54) is 0 Å². The number of rotatable bonds is 6. The van der Waals surface area contributed by atoms with E-state index in [2.05, 4.69) is 0 Å². The van der Waals surface area contributed by atoms with Crippen molar-refractivity contribution in [3.05, 3.63) is 0 Å². The summed E-state index contributed by atoms with van der Waals surface area (Å²) in [5, 5.41) is 0.958. The highest BCUT2D eigenvalue weighted by Crippen LogP contribution is 2.32. The first-order valence-corrected chi connectivity index (χ1v) is 10.1. The van der Waals surface area contributed by atoms with E-state index in [0.717, 1.165) is 43.8 Å². The SMILES string of the molecule is COCC1CSC(COC(=O)C2CCC(C(C)=O)CC2)CS1.[HH]. The van der Waals surface area contributed by atoms with Crippen molar-refractivity contribution in [3.8, 4) is 0 Å². The van der Waals surface area contributed by atoms with Crippen LogP contribution < -0.4 is 0 Å². The van der Waals surface area contributed by atoms with Gasteiger partial charge in [-0.3, -0.25) is 9.59 Å². The minimum atomic E-state index is -0.0633. The third-order valence-electron chi connectivity index (χ3n) is 4.44. The molecule has 0 aromatic rings. The summed E-state index contributed by atoms with van der Waals surface area (Å²) in [6.07, 6.45) is 3.26. The molecule has 2 unspecified atom stereocenters. The van der Waals surface area contributed by atoms with Crippen LogP contribution in [0.5, 0.6) is 0 Å². The lowest BCUT2D eigenvalue weighted by Gasteiger charge is -2.28. The topological polar surface area (TPSA) is 52.6 Å². The summed E-state index contributed by atoms with van der Waals surface area (Å²) >= 11 is 3.79. The van der Waals surface area contributed by atoms with Crippen molar-refractivity contribution in [2.24, 2.45) is 11.8 Å². The highest BCUT2D eigenvalue weighted by Gasteiger charge is 2.30. The Bertz CT molecular complexity index is 378. The van der Waals surface area contributed by atoms with E-state index in [0.29, 0.717) is 17.1 Å². The molecule has 0 radical (unpaired) electrons. The molecule has 2 rings (SSSR count). The van der Waals surface area contributed by atoms with Crippen LogP contribution in [0.4, 0.5) is 0 Å². The predicted molar refractivity (Wildman–Crippen MR) is 93.6 cm³/mol. The van der Waals surface area contributed by atoms with Crippen LogP contribution in [0.1, 0.15) is 34.0 Å². The summed E-state index contributed by atoms with van der Waals surface area (Å²) in [7, 11) is 1.74. The molecule has 1 aliphatic heterocycles. The van der Waals surface area contributed by atoms with Gasteiger partial charge in [0.15, 0.2) is 0 Å². The Hall–Kier alpha value is -0.200. The van der Waals surface area contributed by atoms with Gasteiger partial charge in [-0.05, 0) is 32.6 Å². The molecule has 0 bridgehead atoms. The number of thioether (sulfide) groups is 2. The molecule has 2 fully saturated rings. The number of ether oxygens (including phenoxy) is 2. The quantitative estimate of drug-likeness (QED) is 0.688. The van der Waals surface area contributed by atoms with Crippen molar-refractivity contribution < 1.29 is 20.5 Å². The fraction of sp³-hybridized carbons (Fsp3) is 0.875. The van der Waals surface area contributed by atoms with Gasteiger partial charge in [-0.2, -0.15) is 23.5 Å². The first kappa shape index (κ1) is 18.1. The summed E-state index contributed by atoms with van der Waals surface area (Å²) in [6, 6.07) is 0. The van der Waals surface area contributed by atoms with Crippen LogP contribution in [0.2, 0.25) is 0 Å². The molecule has 4 nitrogen and oxygen atoms in total. The maximum Gasteiger partial charge on any atom is 0.308 e. The number of hydrogen-bond donors (Lipinski definition) is 0. The zero-order valence-corrected chi connectivity index (χ0v) is 15.0. The Labute approximate surface area is 142 Å². The van der Waals surface area contributed by atoms with Crippen LogP contribution in [-0.2, 0) is 19.1 Å². The molecule has 0 aromatic carbocycles. The average molecular weight is 349 g/mol. The molecule has 22 heavy (non-hydrogen) atoms. The van der Waals surface area contributed by atoms with Gasteiger partial charge in [-0.15, -0.1) is 0 Å². The van der Waals surface area contributed by atoms with Gasteiger partial charge in [0, 0.05) is 36.5 Å². The molecule has 0 aromatic heterocycles. The van der Waals surface area contributed by atoms with Crippen molar-refractivity contribution in [2.45, 2.75) is 43.1 Å². The second-order valence-electron chi connectivity index (χ2n) is 6.16. The van der Waals surface area contributed by atoms with E-state index in [1.807, 2.05) is 23.5 Å². The minimum absolute atomic E-state index is 0. The Morgan fingerprint density at radius 1 is 1.00 bits per heavy atom. The second-order valence-corrected chi connectivity index (χ2v) is 8.82. The van der Waals surface area contributed by atoms with Gasteiger partial charge in [-0.1, -0.05) is 0 Å². The maximum atomic E-state index is 12.1. The van der Waals surface area contributed by atoms with Crippen LogP contribution in [0.25, 0.3) is 0 Å². The zero-order valence-electron chi connectivity index (χ0n) is 13.4. The van der Waals surface area contributed by atoms with Crippen LogP contribution in [0.3, 0.4) is 0 Å². The Morgan fingerprint density at radius 2 is 1.55 bits per heavy atom. The summed E-state index contributed by atoms with van der Waals surface area (Å²) in [5.74, 6) is 2.43. The van der Waals surface area contributed by atoms with E-state index in [9.17, 15) is 9.59 Å². The highest BCUT2D eigenvalue weighted by atomic mass is 32.2. The smallest absolute Gasteiger partial charge is 0.308 e. The van der Waals surface area contributed by atoms with Gasteiger partial charge in [0.2, 0.25) is 0 Å². The van der Waals surface area contributed by atoms with Crippen molar-refractivity contribution in [1.29, 1.82) is 0 Å². The number of ketones is 1. The fourth-order valence-corrected chi connectivity index (χ4v) is 5.79. The fourth-order valence-electron chi connectivity index (χ4n) is 2.99. The maximum absolute atomic E-state index is 12.1. The van der Waals surface area contributed by atoms with Crippen LogP contribution in [0.15, 0.2) is 0 Å². The van der Waals surface area contributed by atoms with Crippen LogP contribution in [0, 0.1) is 11.8 Å². The van der Waals surface area contributed by atoms with Gasteiger partial charge < -0.3 is 9.47 Å². The summed E-state index contributed by atoms with van der Waals surface area (Å²) in [4.78, 5) is 23.5. The Balaban J connectivity index is 0.00000264. The monoisotopic (exact) mass is 348 g/mol. The number of carbonyl (C=O) groups excluding carboxylic acids is 2. The summed E-state index contributed by atoms with van der Waals surface area (Å²) in [6.45, 7) is 2.96. The molecule has 6 heteroatoms. The molecule has 1 saturated carbocycles. The Morgan fingerprint density at radius 3 is 2.05 bits per heavy atom. The largest absolute Gasteiger partial charge is 0.464 e. The van der Waals surface area contributed by atoms with Crippen molar-refractivity contribution in [2.75, 3.05) is 31.8 Å². The normalized spacial score (nSPS) is 32.5. The number of carbonyl (C=O) groups is 2. The molecular weight excluding hydrogens is 320 g/mol. The lowest BCUT2D eigenvalue weighted by Crippen LogP contribution is -2.31. The molecule has 0 amide bonds. The number of esters is 1. The van der Waals surface area contributed by atoms with Gasteiger partial charge in [0.1, 0.15) is 12.4 Å². The zero-order chi connectivity index (χ0) is 15.9. The average Bonchev–Trinajstić information content (AvgIpc) is 2.54. The molecular formula is C16H28O4S2. The van der Waals surface area contributed by atoms with Crippen LogP contribution >= 0.6 is 23.5 Å². The molecule has 0 spiro atoms. The molecule has 1 saturated heterocycles. The summed E-state index contributed by atoms with van der Waals surface area (Å²) in [5.41, 5.74) is 0. The third-order valence-corrected chi connectivity index (χ3v) is 7.60. The summed E-state index contributed by atoms with van der Waals surface area (Å²) < 4.78 is 10.7. The molecule has 1 heterocycles. The van der Waals surface area contributed by atoms with E-state index >= 15 is 0 Å². The molecule has 2 aliphatic rings. The standard InChI is InChI=1S/C16H26O4S2.H2/c1-11(17)12-3-5-13(6-4-12)16(18)20-8-15-10-21-14(7-19-2)9-22-15;/h12-15H,3-10H2,1-2H3;1H. The molecule has 0 N–H and O–H groups in total. The molecule has 128 valence electrons. The second kappa shape index (κ2) is 9.18. The molecule has 1 aliphatic carbocycles. The van der Waals surface area contributed by atoms with E-state index in [-0.39, 0.29) is 25.0 Å². The van der Waals surface area contributed by atoms with Gasteiger partial charge in [0.05, 0.1) is 12.5 Å². The van der Waals surface area contributed by atoms with Crippen molar-refractivity contribution in [1.82, 2.24) is 0 Å². The number of methoxy groups -OCH3 is 1. The van der Waals surface area contributed by atoms with Gasteiger partial charge >= 0.3 is 5.97 Å². The van der Waals surface area contributed by atoms with Crippen molar-refractivity contribution in [3.63, 3.8) is 0 Å². The Kier molecular flexibility index (Phi) is 7.57. The first-order valence-electron chi connectivity index (χ1n) is 7.99. The van der Waals surface area contributed by atoms with E-state index in [1.54, 1.807) is 14.0 Å². The predicted octanol–water partition coefficient (Wildman–Crippen LogP) is 3.03. The highest BCUT2D eigenvalue weighted by molar-refractivity contribution is 8.07. The van der Waals surface area contributed by atoms with Gasteiger partial charge in [-0.25, -0.2) is 0 Å².